The molecule has 0 aliphatic heterocycles. The molecular formula is C15H19BBrNO. The van der Waals surface area contributed by atoms with E-state index in [1.807, 2.05) is 12.1 Å². The molecule has 19 heavy (non-hydrogen) atoms. The zero-order chi connectivity index (χ0) is 13.7. The summed E-state index contributed by atoms with van der Waals surface area (Å²) < 4.78 is 6.87. The standard InChI is InChI=1S/C15H19BBrNO/c16-10-14(18)2-1-7-19-15-6-4-11-8-13(17)5-3-12(11)9-15/h3-6,8-9,14H,1-2,7,10,16,18H2. The summed E-state index contributed by atoms with van der Waals surface area (Å²) in [5, 5.41) is 2.42. The first-order chi connectivity index (χ1) is 9.19. The van der Waals surface area contributed by atoms with Crippen molar-refractivity contribution in [2.75, 3.05) is 6.61 Å². The number of rotatable bonds is 6. The van der Waals surface area contributed by atoms with Crippen molar-refractivity contribution in [2.24, 2.45) is 5.73 Å². The average Bonchev–Trinajstić information content (AvgIpc) is 2.43. The van der Waals surface area contributed by atoms with Gasteiger partial charge in [-0.15, -0.1) is 0 Å². The topological polar surface area (TPSA) is 35.2 Å². The summed E-state index contributed by atoms with van der Waals surface area (Å²) in [6.45, 7) is 0.732. The van der Waals surface area contributed by atoms with E-state index in [1.165, 1.54) is 10.8 Å². The predicted octanol–water partition coefficient (Wildman–Crippen LogP) is 3.14. The fourth-order valence-electron chi connectivity index (χ4n) is 2.02. The molecule has 1 unspecified atom stereocenters. The molecule has 0 aliphatic rings. The molecule has 0 spiro atoms. The van der Waals surface area contributed by atoms with Crippen LogP contribution >= 0.6 is 15.9 Å². The zero-order valence-corrected chi connectivity index (χ0v) is 12.8. The third-order valence-corrected chi connectivity index (χ3v) is 3.78. The highest BCUT2D eigenvalue weighted by Gasteiger charge is 2.01. The van der Waals surface area contributed by atoms with Crippen molar-refractivity contribution in [3.63, 3.8) is 0 Å². The molecule has 0 heterocycles. The first-order valence-electron chi connectivity index (χ1n) is 6.76. The lowest BCUT2D eigenvalue weighted by Crippen LogP contribution is -2.19. The highest BCUT2D eigenvalue weighted by molar-refractivity contribution is 9.10. The van der Waals surface area contributed by atoms with Gasteiger partial charge in [0.2, 0.25) is 0 Å². The second kappa shape index (κ2) is 6.97. The largest absolute Gasteiger partial charge is 0.494 e. The summed E-state index contributed by atoms with van der Waals surface area (Å²) >= 11 is 3.48. The van der Waals surface area contributed by atoms with E-state index >= 15 is 0 Å². The van der Waals surface area contributed by atoms with E-state index in [-0.39, 0.29) is 0 Å². The molecule has 0 aliphatic carbocycles. The van der Waals surface area contributed by atoms with Gasteiger partial charge in [-0.05, 0) is 53.9 Å². The van der Waals surface area contributed by atoms with Crippen LogP contribution in [-0.4, -0.2) is 20.5 Å². The van der Waals surface area contributed by atoms with Gasteiger partial charge in [0.1, 0.15) is 13.6 Å². The Bertz CT molecular complexity index is 547. The Morgan fingerprint density at radius 3 is 2.68 bits per heavy atom. The second-order valence-electron chi connectivity index (χ2n) is 4.81. The van der Waals surface area contributed by atoms with E-state index in [0.717, 1.165) is 36.0 Å². The molecule has 0 bridgehead atoms. The van der Waals surface area contributed by atoms with Crippen LogP contribution in [0.4, 0.5) is 0 Å². The molecule has 0 fully saturated rings. The molecule has 2 N–H and O–H groups in total. The number of nitrogens with two attached hydrogens (primary N) is 1. The number of benzene rings is 2. The van der Waals surface area contributed by atoms with E-state index in [0.29, 0.717) is 6.04 Å². The van der Waals surface area contributed by atoms with Crippen LogP contribution in [0.5, 0.6) is 5.75 Å². The smallest absolute Gasteiger partial charge is 0.119 e. The minimum Gasteiger partial charge on any atom is -0.494 e. The highest BCUT2D eigenvalue weighted by Crippen LogP contribution is 2.24. The van der Waals surface area contributed by atoms with Gasteiger partial charge in [0.25, 0.3) is 0 Å². The molecule has 2 aromatic carbocycles. The first-order valence-corrected chi connectivity index (χ1v) is 7.56. The van der Waals surface area contributed by atoms with Crippen molar-refractivity contribution in [3.05, 3.63) is 40.9 Å². The molecule has 100 valence electrons. The lowest BCUT2D eigenvalue weighted by atomic mass is 9.95. The van der Waals surface area contributed by atoms with Crippen LogP contribution in [0, 0.1) is 0 Å². The van der Waals surface area contributed by atoms with Gasteiger partial charge in [0.05, 0.1) is 6.61 Å². The Labute approximate surface area is 123 Å². The van der Waals surface area contributed by atoms with Crippen LogP contribution in [0.1, 0.15) is 12.8 Å². The minimum absolute atomic E-state index is 0.303. The van der Waals surface area contributed by atoms with Gasteiger partial charge in [0.15, 0.2) is 0 Å². The maximum atomic E-state index is 5.88. The van der Waals surface area contributed by atoms with Crippen LogP contribution in [0.15, 0.2) is 40.9 Å². The molecule has 0 saturated heterocycles. The van der Waals surface area contributed by atoms with E-state index in [4.69, 9.17) is 10.5 Å². The van der Waals surface area contributed by atoms with Gasteiger partial charge in [-0.2, -0.15) is 0 Å². The number of hydrogen-bond acceptors (Lipinski definition) is 2. The van der Waals surface area contributed by atoms with Gasteiger partial charge < -0.3 is 10.5 Å². The number of ether oxygens (including phenoxy) is 1. The molecule has 4 heteroatoms. The third-order valence-electron chi connectivity index (χ3n) is 3.29. The maximum Gasteiger partial charge on any atom is 0.119 e. The summed E-state index contributed by atoms with van der Waals surface area (Å²) in [7, 11) is 2.12. The van der Waals surface area contributed by atoms with Crippen molar-refractivity contribution in [3.8, 4) is 5.75 Å². The van der Waals surface area contributed by atoms with Crippen LogP contribution in [0.25, 0.3) is 10.8 Å². The number of fused-ring (bicyclic) bond motifs is 1. The molecule has 0 radical (unpaired) electrons. The van der Waals surface area contributed by atoms with Crippen molar-refractivity contribution in [1.29, 1.82) is 0 Å². The molecule has 0 amide bonds. The monoisotopic (exact) mass is 319 g/mol. The Morgan fingerprint density at radius 1 is 1.16 bits per heavy atom. The summed E-state index contributed by atoms with van der Waals surface area (Å²) in [6, 6.07) is 12.8. The van der Waals surface area contributed by atoms with Gasteiger partial charge in [-0.25, -0.2) is 0 Å². The zero-order valence-electron chi connectivity index (χ0n) is 11.2. The summed E-state index contributed by atoms with van der Waals surface area (Å²) in [5.41, 5.74) is 5.88. The van der Waals surface area contributed by atoms with E-state index < -0.39 is 0 Å². The predicted molar refractivity (Wildman–Crippen MR) is 87.7 cm³/mol. The van der Waals surface area contributed by atoms with Crippen LogP contribution in [-0.2, 0) is 0 Å². The van der Waals surface area contributed by atoms with E-state index in [9.17, 15) is 0 Å². The minimum atomic E-state index is 0.303. The first kappa shape index (κ1) is 14.4. The second-order valence-corrected chi connectivity index (χ2v) is 5.73. The Hall–Kier alpha value is -0.995. The Balaban J connectivity index is 1.92. The van der Waals surface area contributed by atoms with Gasteiger partial charge >= 0.3 is 0 Å². The van der Waals surface area contributed by atoms with Crippen molar-refractivity contribution in [1.82, 2.24) is 0 Å². The quantitative estimate of drug-likeness (QED) is 0.656. The Morgan fingerprint density at radius 2 is 1.89 bits per heavy atom. The summed E-state index contributed by atoms with van der Waals surface area (Å²) in [6.07, 6.45) is 3.06. The average molecular weight is 320 g/mol. The summed E-state index contributed by atoms with van der Waals surface area (Å²) in [5.74, 6) is 0.930. The molecule has 0 saturated carbocycles. The van der Waals surface area contributed by atoms with Crippen LogP contribution in [0.3, 0.4) is 0 Å². The molecule has 1 atom stereocenters. The molecule has 2 rings (SSSR count). The van der Waals surface area contributed by atoms with Crippen molar-refractivity contribution in [2.45, 2.75) is 25.2 Å². The molecular weight excluding hydrogens is 301 g/mol. The number of hydrogen-bond donors (Lipinski definition) is 1. The van der Waals surface area contributed by atoms with E-state index in [1.54, 1.807) is 0 Å². The SMILES string of the molecule is BCC(N)CCCOc1ccc2cc(Br)ccc2c1. The highest BCUT2D eigenvalue weighted by atomic mass is 79.9. The lowest BCUT2D eigenvalue weighted by Gasteiger charge is -2.10. The fraction of sp³-hybridized carbons (Fsp3) is 0.333. The third kappa shape index (κ3) is 4.25. The Kier molecular flexibility index (Phi) is 5.29. The molecule has 2 nitrogen and oxygen atoms in total. The van der Waals surface area contributed by atoms with Gasteiger partial charge in [-0.3, -0.25) is 0 Å². The summed E-state index contributed by atoms with van der Waals surface area (Å²) in [4.78, 5) is 0. The van der Waals surface area contributed by atoms with Crippen molar-refractivity contribution >= 4 is 34.5 Å². The van der Waals surface area contributed by atoms with Gasteiger partial charge in [0, 0.05) is 4.47 Å². The maximum absolute atomic E-state index is 5.88. The van der Waals surface area contributed by atoms with Crippen molar-refractivity contribution < 1.29 is 4.74 Å². The molecule has 0 aromatic heterocycles. The van der Waals surface area contributed by atoms with Crippen LogP contribution in [0.2, 0.25) is 6.32 Å². The van der Waals surface area contributed by atoms with E-state index in [2.05, 4.69) is 48.0 Å². The normalized spacial score (nSPS) is 12.5. The van der Waals surface area contributed by atoms with Crippen LogP contribution < -0.4 is 10.5 Å². The lowest BCUT2D eigenvalue weighted by molar-refractivity contribution is 0.303. The van der Waals surface area contributed by atoms with Gasteiger partial charge in [-0.1, -0.05) is 34.4 Å². The fourth-order valence-corrected chi connectivity index (χ4v) is 2.40. The molecule has 2 aromatic rings. The number of halogens is 1.